The molecule has 1 spiro atoms. The van der Waals surface area contributed by atoms with Gasteiger partial charge in [0.25, 0.3) is 5.91 Å². The predicted molar refractivity (Wildman–Crippen MR) is 73.3 cm³/mol. The Labute approximate surface area is 119 Å². The zero-order valence-corrected chi connectivity index (χ0v) is 12.7. The van der Waals surface area contributed by atoms with E-state index in [9.17, 15) is 9.59 Å². The highest BCUT2D eigenvalue weighted by Crippen LogP contribution is 2.30. The Morgan fingerprint density at radius 1 is 1.40 bits per heavy atom. The van der Waals surface area contributed by atoms with Gasteiger partial charge in [0.15, 0.2) is 0 Å². The third kappa shape index (κ3) is 3.23. The Hall–Kier alpha value is -1.30. The number of rotatable bonds is 0. The minimum absolute atomic E-state index is 0.0528. The van der Waals surface area contributed by atoms with Crippen molar-refractivity contribution in [2.24, 2.45) is 0 Å². The zero-order valence-electron chi connectivity index (χ0n) is 12.7. The summed E-state index contributed by atoms with van der Waals surface area (Å²) in [4.78, 5) is 25.7. The summed E-state index contributed by atoms with van der Waals surface area (Å²) in [6, 6.07) is 0.0528. The normalized spacial score (nSPS) is 26.3. The molecule has 2 aliphatic rings. The van der Waals surface area contributed by atoms with Gasteiger partial charge in [-0.1, -0.05) is 0 Å². The van der Waals surface area contributed by atoms with Crippen LogP contribution >= 0.6 is 0 Å². The highest BCUT2D eigenvalue weighted by molar-refractivity contribution is 5.86. The molecule has 0 aromatic carbocycles. The largest absolute Gasteiger partial charge is 0.444 e. The first-order valence-electron chi connectivity index (χ1n) is 7.15. The van der Waals surface area contributed by atoms with Crippen LogP contribution in [0.1, 0.15) is 40.5 Å². The van der Waals surface area contributed by atoms with Crippen LogP contribution in [0.25, 0.3) is 0 Å². The average Bonchev–Trinajstić information content (AvgIpc) is 2.33. The third-order valence-electron chi connectivity index (χ3n) is 3.62. The Morgan fingerprint density at radius 3 is 2.50 bits per heavy atom. The van der Waals surface area contributed by atoms with Crippen LogP contribution in [0.5, 0.6) is 0 Å². The number of carbonyl (C=O) groups excluding carboxylic acids is 2. The van der Waals surface area contributed by atoms with Crippen LogP contribution in [0, 0.1) is 0 Å². The second-order valence-electron chi connectivity index (χ2n) is 6.65. The standard InChI is InChI=1S/C14H24N2O4/c1-10-9-19-14(11(17)15-10)5-7-16(8-6-14)12(18)20-13(2,3)4/h10H,5-9H2,1-4H3,(H,15,17). The van der Waals surface area contributed by atoms with E-state index in [0.29, 0.717) is 32.5 Å². The minimum atomic E-state index is -0.759. The first-order chi connectivity index (χ1) is 9.22. The van der Waals surface area contributed by atoms with Gasteiger partial charge >= 0.3 is 6.09 Å². The molecule has 2 rings (SSSR count). The summed E-state index contributed by atoms with van der Waals surface area (Å²) in [7, 11) is 0. The number of morpholine rings is 1. The molecule has 2 fully saturated rings. The Morgan fingerprint density at radius 2 is 2.00 bits per heavy atom. The number of hydrogen-bond donors (Lipinski definition) is 1. The summed E-state index contributed by atoms with van der Waals surface area (Å²) in [5, 5.41) is 2.92. The lowest BCUT2D eigenvalue weighted by atomic mass is 9.88. The third-order valence-corrected chi connectivity index (χ3v) is 3.62. The topological polar surface area (TPSA) is 67.9 Å². The fraction of sp³-hybridized carbons (Fsp3) is 0.857. The molecule has 0 bridgehead atoms. The monoisotopic (exact) mass is 284 g/mol. The lowest BCUT2D eigenvalue weighted by molar-refractivity contribution is -0.165. The molecule has 0 radical (unpaired) electrons. The van der Waals surface area contributed by atoms with Gasteiger partial charge < -0.3 is 19.7 Å². The van der Waals surface area contributed by atoms with Gasteiger partial charge in [0.2, 0.25) is 0 Å². The van der Waals surface area contributed by atoms with E-state index >= 15 is 0 Å². The van der Waals surface area contributed by atoms with E-state index in [1.165, 1.54) is 0 Å². The Kier molecular flexibility index (Phi) is 3.95. The van der Waals surface area contributed by atoms with Crippen molar-refractivity contribution in [2.45, 2.75) is 57.8 Å². The molecule has 2 aliphatic heterocycles. The molecule has 0 saturated carbocycles. The van der Waals surface area contributed by atoms with Crippen molar-refractivity contribution in [3.05, 3.63) is 0 Å². The summed E-state index contributed by atoms with van der Waals surface area (Å²) in [5.74, 6) is -0.0555. The van der Waals surface area contributed by atoms with Crippen molar-refractivity contribution >= 4 is 12.0 Å². The lowest BCUT2D eigenvalue weighted by Gasteiger charge is -2.44. The molecule has 6 heteroatoms. The number of nitrogens with one attached hydrogen (secondary N) is 1. The number of ether oxygens (including phenoxy) is 2. The highest BCUT2D eigenvalue weighted by Gasteiger charge is 2.46. The molecule has 1 atom stereocenters. The van der Waals surface area contributed by atoms with E-state index in [1.807, 2.05) is 27.7 Å². The number of likely N-dealkylation sites (tertiary alicyclic amines) is 1. The smallest absolute Gasteiger partial charge is 0.410 e. The van der Waals surface area contributed by atoms with Crippen LogP contribution in [0.3, 0.4) is 0 Å². The van der Waals surface area contributed by atoms with Crippen LogP contribution < -0.4 is 5.32 Å². The summed E-state index contributed by atoms with van der Waals surface area (Å²) >= 11 is 0. The number of piperidine rings is 1. The second kappa shape index (κ2) is 5.24. The molecule has 0 aliphatic carbocycles. The van der Waals surface area contributed by atoms with Gasteiger partial charge in [-0.3, -0.25) is 4.79 Å². The van der Waals surface area contributed by atoms with Crippen LogP contribution in [0.4, 0.5) is 4.79 Å². The van der Waals surface area contributed by atoms with Crippen molar-refractivity contribution in [3.63, 3.8) is 0 Å². The first kappa shape index (κ1) is 15.1. The Balaban J connectivity index is 1.92. The lowest BCUT2D eigenvalue weighted by Crippen LogP contribution is -2.62. The van der Waals surface area contributed by atoms with Crippen molar-refractivity contribution < 1.29 is 19.1 Å². The molecule has 2 amide bonds. The summed E-state index contributed by atoms with van der Waals surface area (Å²) in [6.45, 7) is 8.94. The maximum atomic E-state index is 12.1. The van der Waals surface area contributed by atoms with Gasteiger partial charge in [-0.25, -0.2) is 4.79 Å². The first-order valence-corrected chi connectivity index (χ1v) is 7.15. The van der Waals surface area contributed by atoms with Gasteiger partial charge in [0.1, 0.15) is 11.2 Å². The molecule has 2 heterocycles. The van der Waals surface area contributed by atoms with E-state index < -0.39 is 11.2 Å². The molecule has 1 N–H and O–H groups in total. The van der Waals surface area contributed by atoms with Gasteiger partial charge in [0, 0.05) is 32.0 Å². The van der Waals surface area contributed by atoms with Crippen LogP contribution in [-0.4, -0.2) is 53.8 Å². The van der Waals surface area contributed by atoms with Gasteiger partial charge in [-0.05, 0) is 27.7 Å². The minimum Gasteiger partial charge on any atom is -0.444 e. The van der Waals surface area contributed by atoms with Crippen molar-refractivity contribution in [2.75, 3.05) is 19.7 Å². The molecule has 20 heavy (non-hydrogen) atoms. The molecule has 1 unspecified atom stereocenters. The summed E-state index contributed by atoms with van der Waals surface area (Å²) in [6.07, 6.45) is 0.715. The molecule has 6 nitrogen and oxygen atoms in total. The summed E-state index contributed by atoms with van der Waals surface area (Å²) in [5.41, 5.74) is -1.26. The van der Waals surface area contributed by atoms with Crippen LogP contribution in [-0.2, 0) is 14.3 Å². The summed E-state index contributed by atoms with van der Waals surface area (Å²) < 4.78 is 11.1. The van der Waals surface area contributed by atoms with E-state index in [1.54, 1.807) is 4.90 Å². The van der Waals surface area contributed by atoms with Crippen molar-refractivity contribution in [1.82, 2.24) is 10.2 Å². The highest BCUT2D eigenvalue weighted by atomic mass is 16.6. The molecule has 2 saturated heterocycles. The number of carbonyl (C=O) groups is 2. The van der Waals surface area contributed by atoms with Gasteiger partial charge in [0.05, 0.1) is 6.61 Å². The average molecular weight is 284 g/mol. The van der Waals surface area contributed by atoms with Crippen molar-refractivity contribution in [3.8, 4) is 0 Å². The fourth-order valence-corrected chi connectivity index (χ4v) is 2.50. The molecule has 0 aromatic heterocycles. The predicted octanol–water partition coefficient (Wildman–Crippen LogP) is 1.29. The maximum absolute atomic E-state index is 12.1. The molecule has 114 valence electrons. The number of amides is 2. The van der Waals surface area contributed by atoms with Gasteiger partial charge in [-0.15, -0.1) is 0 Å². The van der Waals surface area contributed by atoms with E-state index in [4.69, 9.17) is 9.47 Å². The molecular weight excluding hydrogens is 260 g/mol. The van der Waals surface area contributed by atoms with Crippen LogP contribution in [0.2, 0.25) is 0 Å². The maximum Gasteiger partial charge on any atom is 0.410 e. The number of hydrogen-bond acceptors (Lipinski definition) is 4. The van der Waals surface area contributed by atoms with E-state index in [-0.39, 0.29) is 18.0 Å². The quantitative estimate of drug-likeness (QED) is 0.728. The van der Waals surface area contributed by atoms with Gasteiger partial charge in [-0.2, -0.15) is 0 Å². The van der Waals surface area contributed by atoms with E-state index in [0.717, 1.165) is 0 Å². The Bertz CT molecular complexity index is 394. The van der Waals surface area contributed by atoms with E-state index in [2.05, 4.69) is 5.32 Å². The molecule has 0 aromatic rings. The fourth-order valence-electron chi connectivity index (χ4n) is 2.50. The zero-order chi connectivity index (χ0) is 15.0. The molecular formula is C14H24N2O4. The SMILES string of the molecule is CC1COC2(CCN(C(=O)OC(C)(C)C)CC2)C(=O)N1. The number of nitrogens with zero attached hydrogens (tertiary/aromatic N) is 1. The van der Waals surface area contributed by atoms with Crippen LogP contribution in [0.15, 0.2) is 0 Å². The van der Waals surface area contributed by atoms with Crippen molar-refractivity contribution in [1.29, 1.82) is 0 Å². The second-order valence-corrected chi connectivity index (χ2v) is 6.65.